The van der Waals surface area contributed by atoms with Gasteiger partial charge in [-0.15, -0.1) is 0 Å². The van der Waals surface area contributed by atoms with E-state index in [-0.39, 0.29) is 5.78 Å². The Labute approximate surface area is 123 Å². The Morgan fingerprint density at radius 1 is 1.10 bits per heavy atom. The molecule has 106 valence electrons. The summed E-state index contributed by atoms with van der Waals surface area (Å²) in [6, 6.07) is 15.4. The Morgan fingerprint density at radius 3 is 2.67 bits per heavy atom. The maximum atomic E-state index is 12.4. The van der Waals surface area contributed by atoms with Gasteiger partial charge in [0, 0.05) is 0 Å². The summed E-state index contributed by atoms with van der Waals surface area (Å²) in [6.07, 6.45) is 2.09. The van der Waals surface area contributed by atoms with Gasteiger partial charge in [0.25, 0.3) is 0 Å². The Hall–Kier alpha value is -2.42. The molecule has 0 saturated carbocycles. The molecule has 1 aliphatic rings. The molecule has 2 aromatic rings. The predicted octanol–water partition coefficient (Wildman–Crippen LogP) is 3.21. The van der Waals surface area contributed by atoms with Crippen LogP contribution in [0.5, 0.6) is 5.75 Å². The van der Waals surface area contributed by atoms with Crippen LogP contribution in [0.25, 0.3) is 0 Å². The summed E-state index contributed by atoms with van der Waals surface area (Å²) in [5.74, 6) is -0.0678. The quantitative estimate of drug-likeness (QED) is 0.638. The summed E-state index contributed by atoms with van der Waals surface area (Å²) >= 11 is 0. The second kappa shape index (κ2) is 5.92. The van der Waals surface area contributed by atoms with Crippen LogP contribution >= 0.6 is 0 Å². The maximum absolute atomic E-state index is 12.4. The van der Waals surface area contributed by atoms with Crippen molar-refractivity contribution in [2.45, 2.75) is 19.4 Å². The molecule has 0 fully saturated rings. The van der Waals surface area contributed by atoms with Crippen molar-refractivity contribution in [1.82, 2.24) is 0 Å². The van der Waals surface area contributed by atoms with Gasteiger partial charge < -0.3 is 9.53 Å². The first-order valence-electron chi connectivity index (χ1n) is 7.07. The number of ketones is 1. The zero-order valence-corrected chi connectivity index (χ0v) is 11.6. The number of Topliss-reactive ketones (excluding diaryl/α,β-unsaturated/α-hetero) is 1. The molecular weight excluding hydrogens is 264 g/mol. The number of rotatable bonds is 4. The molecule has 0 heterocycles. The summed E-state index contributed by atoms with van der Waals surface area (Å²) < 4.78 is 5.82. The van der Waals surface area contributed by atoms with E-state index in [1.54, 1.807) is 6.07 Å². The number of benzene rings is 2. The molecule has 3 heteroatoms. The summed E-state index contributed by atoms with van der Waals surface area (Å²) in [5, 5.41) is 0. The number of ether oxygens (including phenoxy) is 1. The first kappa shape index (κ1) is 13.6. The van der Waals surface area contributed by atoms with Crippen molar-refractivity contribution in [2.24, 2.45) is 5.92 Å². The van der Waals surface area contributed by atoms with Gasteiger partial charge in [-0.25, -0.2) is 0 Å². The van der Waals surface area contributed by atoms with Crippen LogP contribution in [0.4, 0.5) is 0 Å². The molecule has 1 unspecified atom stereocenters. The van der Waals surface area contributed by atoms with Crippen molar-refractivity contribution >= 4 is 12.1 Å². The predicted molar refractivity (Wildman–Crippen MR) is 79.4 cm³/mol. The largest absolute Gasteiger partial charge is 0.488 e. The molecule has 0 amide bonds. The number of carbonyl (C=O) groups excluding carboxylic acids is 2. The van der Waals surface area contributed by atoms with E-state index >= 15 is 0 Å². The van der Waals surface area contributed by atoms with Crippen LogP contribution in [0, 0.1) is 5.92 Å². The topological polar surface area (TPSA) is 43.4 Å². The summed E-state index contributed by atoms with van der Waals surface area (Å²) in [6.45, 7) is 0.413. The molecular formula is C18H16O3. The number of hydrogen-bond donors (Lipinski definition) is 0. The third kappa shape index (κ3) is 2.72. The average Bonchev–Trinajstić information content (AvgIpc) is 2.54. The van der Waals surface area contributed by atoms with Crippen molar-refractivity contribution in [2.75, 3.05) is 0 Å². The molecule has 2 aromatic carbocycles. The Balaban J connectivity index is 1.87. The standard InChI is InChI=1S/C18H16O3/c19-11-15-10-9-14-7-4-8-16(17(14)18(15)20)21-12-13-5-2-1-3-6-13/h1-8,11,15H,9-10,12H2. The van der Waals surface area contributed by atoms with Crippen molar-refractivity contribution in [3.8, 4) is 5.75 Å². The van der Waals surface area contributed by atoms with E-state index in [2.05, 4.69) is 0 Å². The average molecular weight is 280 g/mol. The number of aldehydes is 1. The van der Waals surface area contributed by atoms with E-state index in [0.29, 0.717) is 24.3 Å². The summed E-state index contributed by atoms with van der Waals surface area (Å²) in [5.41, 5.74) is 2.60. The van der Waals surface area contributed by atoms with Crippen LogP contribution < -0.4 is 4.74 Å². The van der Waals surface area contributed by atoms with Crippen molar-refractivity contribution in [3.63, 3.8) is 0 Å². The minimum atomic E-state index is -0.529. The Kier molecular flexibility index (Phi) is 3.82. The van der Waals surface area contributed by atoms with E-state index in [9.17, 15) is 9.59 Å². The van der Waals surface area contributed by atoms with Gasteiger partial charge in [0.1, 0.15) is 18.6 Å². The SMILES string of the molecule is O=CC1CCc2cccc(OCc3ccccc3)c2C1=O. The molecule has 0 bridgehead atoms. The van der Waals surface area contributed by atoms with Gasteiger partial charge >= 0.3 is 0 Å². The summed E-state index contributed by atoms with van der Waals surface area (Å²) in [7, 11) is 0. The van der Waals surface area contributed by atoms with E-state index in [4.69, 9.17) is 4.74 Å². The van der Waals surface area contributed by atoms with E-state index in [0.717, 1.165) is 23.8 Å². The molecule has 0 saturated heterocycles. The molecule has 0 spiro atoms. The molecule has 1 atom stereocenters. The molecule has 0 N–H and O–H groups in total. The van der Waals surface area contributed by atoms with Crippen molar-refractivity contribution in [3.05, 3.63) is 65.2 Å². The highest BCUT2D eigenvalue weighted by Crippen LogP contribution is 2.32. The zero-order valence-electron chi connectivity index (χ0n) is 11.6. The van der Waals surface area contributed by atoms with Crippen molar-refractivity contribution in [1.29, 1.82) is 0 Å². The highest BCUT2D eigenvalue weighted by atomic mass is 16.5. The lowest BCUT2D eigenvalue weighted by molar-refractivity contribution is -0.110. The molecule has 3 nitrogen and oxygen atoms in total. The second-order valence-electron chi connectivity index (χ2n) is 5.21. The molecule has 0 aliphatic heterocycles. The fraction of sp³-hybridized carbons (Fsp3) is 0.222. The maximum Gasteiger partial charge on any atom is 0.177 e. The molecule has 0 radical (unpaired) electrons. The minimum absolute atomic E-state index is 0.116. The highest BCUT2D eigenvalue weighted by Gasteiger charge is 2.29. The van der Waals surface area contributed by atoms with Crippen molar-refractivity contribution < 1.29 is 14.3 Å². The first-order chi connectivity index (χ1) is 10.3. The monoisotopic (exact) mass is 280 g/mol. The van der Waals surface area contributed by atoms with Crippen LogP contribution in [-0.4, -0.2) is 12.1 Å². The van der Waals surface area contributed by atoms with Gasteiger partial charge in [-0.1, -0.05) is 42.5 Å². The van der Waals surface area contributed by atoms with Crippen LogP contribution in [0.15, 0.2) is 48.5 Å². The number of aryl methyl sites for hydroxylation is 1. The highest BCUT2D eigenvalue weighted by molar-refractivity contribution is 6.08. The molecule has 0 aromatic heterocycles. The lowest BCUT2D eigenvalue weighted by Crippen LogP contribution is -2.24. The lowest BCUT2D eigenvalue weighted by atomic mass is 9.83. The van der Waals surface area contributed by atoms with Gasteiger partial charge in [-0.3, -0.25) is 4.79 Å². The van der Waals surface area contributed by atoms with Crippen LogP contribution in [0.3, 0.4) is 0 Å². The Bertz CT molecular complexity index is 661. The van der Waals surface area contributed by atoms with Gasteiger partial charge in [-0.05, 0) is 30.0 Å². The fourth-order valence-corrected chi connectivity index (χ4v) is 2.68. The molecule has 1 aliphatic carbocycles. The molecule has 21 heavy (non-hydrogen) atoms. The summed E-state index contributed by atoms with van der Waals surface area (Å²) in [4.78, 5) is 23.4. The number of fused-ring (bicyclic) bond motifs is 1. The smallest absolute Gasteiger partial charge is 0.177 e. The third-order valence-corrected chi connectivity index (χ3v) is 3.82. The minimum Gasteiger partial charge on any atom is -0.488 e. The first-order valence-corrected chi connectivity index (χ1v) is 7.07. The zero-order chi connectivity index (χ0) is 14.7. The van der Waals surface area contributed by atoms with Crippen LogP contribution in [-0.2, 0) is 17.8 Å². The Morgan fingerprint density at radius 2 is 1.90 bits per heavy atom. The van der Waals surface area contributed by atoms with Crippen LogP contribution in [0.2, 0.25) is 0 Å². The van der Waals surface area contributed by atoms with Crippen LogP contribution in [0.1, 0.15) is 27.9 Å². The lowest BCUT2D eigenvalue weighted by Gasteiger charge is -2.22. The van der Waals surface area contributed by atoms with Gasteiger partial charge in [0.2, 0.25) is 0 Å². The fourth-order valence-electron chi connectivity index (χ4n) is 2.68. The second-order valence-corrected chi connectivity index (χ2v) is 5.21. The van der Waals surface area contributed by atoms with E-state index in [1.807, 2.05) is 42.5 Å². The van der Waals surface area contributed by atoms with Gasteiger partial charge in [0.05, 0.1) is 11.5 Å². The number of hydrogen-bond acceptors (Lipinski definition) is 3. The third-order valence-electron chi connectivity index (χ3n) is 3.82. The van der Waals surface area contributed by atoms with E-state index < -0.39 is 5.92 Å². The van der Waals surface area contributed by atoms with Gasteiger partial charge in [-0.2, -0.15) is 0 Å². The normalized spacial score (nSPS) is 17.1. The molecule has 3 rings (SSSR count). The van der Waals surface area contributed by atoms with E-state index in [1.165, 1.54) is 0 Å². The van der Waals surface area contributed by atoms with Gasteiger partial charge in [0.15, 0.2) is 5.78 Å². The number of carbonyl (C=O) groups is 2.